The number of hydrogen-bond donors (Lipinski definition) is 1. The Labute approximate surface area is 127 Å². The van der Waals surface area contributed by atoms with Crippen molar-refractivity contribution in [3.8, 4) is 0 Å². The Bertz CT molecular complexity index is 713. The van der Waals surface area contributed by atoms with Gasteiger partial charge < -0.3 is 9.67 Å². The van der Waals surface area contributed by atoms with Gasteiger partial charge in [-0.3, -0.25) is 0 Å². The van der Waals surface area contributed by atoms with Gasteiger partial charge in [-0.2, -0.15) is 13.2 Å². The minimum Gasteiger partial charge on any atom is -0.390 e. The molecule has 1 heterocycles. The van der Waals surface area contributed by atoms with Gasteiger partial charge in [0.05, 0.1) is 22.2 Å². The van der Waals surface area contributed by atoms with Crippen molar-refractivity contribution in [1.82, 2.24) is 9.55 Å². The van der Waals surface area contributed by atoms with E-state index in [1.165, 1.54) is 0 Å². The molecule has 1 N–H and O–H groups in total. The molecule has 0 aliphatic heterocycles. The second-order valence-electron chi connectivity index (χ2n) is 5.91. The van der Waals surface area contributed by atoms with Crippen LogP contribution < -0.4 is 0 Å². The molecule has 1 aliphatic rings. The van der Waals surface area contributed by atoms with Crippen molar-refractivity contribution in [3.05, 3.63) is 28.0 Å². The monoisotopic (exact) mass is 362 g/mol. The first-order valence-electron chi connectivity index (χ1n) is 6.56. The number of benzene rings is 1. The average Bonchev–Trinajstić information content (AvgIpc) is 2.58. The highest BCUT2D eigenvalue weighted by Crippen LogP contribution is 2.45. The molecular formula is C14H14BrF3N2O. The smallest absolute Gasteiger partial charge is 0.390 e. The maximum atomic E-state index is 13.3. The minimum atomic E-state index is -4.45. The van der Waals surface area contributed by atoms with Crippen molar-refractivity contribution in [2.45, 2.75) is 44.5 Å². The largest absolute Gasteiger partial charge is 0.418 e. The lowest BCUT2D eigenvalue weighted by molar-refractivity contribution is -0.136. The Morgan fingerprint density at radius 3 is 2.52 bits per heavy atom. The zero-order valence-corrected chi connectivity index (χ0v) is 13.1. The van der Waals surface area contributed by atoms with Crippen molar-refractivity contribution < 1.29 is 18.3 Å². The molecule has 3 nitrogen and oxygen atoms in total. The van der Waals surface area contributed by atoms with Gasteiger partial charge in [-0.05, 0) is 38.8 Å². The summed E-state index contributed by atoms with van der Waals surface area (Å²) in [6.45, 7) is 3.39. The van der Waals surface area contributed by atoms with Crippen LogP contribution in [0.25, 0.3) is 11.0 Å². The number of hydrogen-bond acceptors (Lipinski definition) is 2. The summed E-state index contributed by atoms with van der Waals surface area (Å²) in [5, 5.41) is 9.86. The van der Waals surface area contributed by atoms with Gasteiger partial charge >= 0.3 is 6.18 Å². The second-order valence-corrected chi connectivity index (χ2v) is 6.82. The summed E-state index contributed by atoms with van der Waals surface area (Å²) in [7, 11) is 0. The van der Waals surface area contributed by atoms with Crippen LogP contribution in [0, 0.1) is 6.92 Å². The van der Waals surface area contributed by atoms with E-state index in [9.17, 15) is 18.3 Å². The van der Waals surface area contributed by atoms with Crippen LogP contribution in [0.15, 0.2) is 16.6 Å². The quantitative estimate of drug-likeness (QED) is 0.824. The molecule has 1 saturated carbocycles. The summed E-state index contributed by atoms with van der Waals surface area (Å²) >= 11 is 3.11. The van der Waals surface area contributed by atoms with Crippen LogP contribution in [0.5, 0.6) is 0 Å². The van der Waals surface area contributed by atoms with E-state index in [1.54, 1.807) is 24.5 Å². The van der Waals surface area contributed by atoms with Gasteiger partial charge in [0.25, 0.3) is 0 Å². The Morgan fingerprint density at radius 1 is 1.38 bits per heavy atom. The SMILES string of the molecule is Cc1nc2cc(Br)cc(C(F)(F)F)c2n1C1CC(C)(O)C1. The first-order valence-corrected chi connectivity index (χ1v) is 7.35. The molecule has 1 aromatic carbocycles. The van der Waals surface area contributed by atoms with Crippen molar-refractivity contribution in [2.75, 3.05) is 0 Å². The number of aromatic nitrogens is 2. The van der Waals surface area contributed by atoms with E-state index >= 15 is 0 Å². The Morgan fingerprint density at radius 2 is 2.00 bits per heavy atom. The lowest BCUT2D eigenvalue weighted by atomic mass is 9.77. The van der Waals surface area contributed by atoms with Gasteiger partial charge in [0, 0.05) is 10.5 Å². The van der Waals surface area contributed by atoms with E-state index in [0.717, 1.165) is 6.07 Å². The first kappa shape index (κ1) is 14.8. The maximum absolute atomic E-state index is 13.3. The van der Waals surface area contributed by atoms with Crippen LogP contribution in [0.1, 0.15) is 37.2 Å². The number of halogens is 4. The number of nitrogens with zero attached hydrogens (tertiary/aromatic N) is 2. The highest BCUT2D eigenvalue weighted by atomic mass is 79.9. The predicted octanol–water partition coefficient (Wildman–Crippen LogP) is 4.21. The Balaban J connectivity index is 2.23. The van der Waals surface area contributed by atoms with Gasteiger partial charge in [0.2, 0.25) is 0 Å². The fourth-order valence-corrected chi connectivity index (χ4v) is 3.56. The van der Waals surface area contributed by atoms with Crippen molar-refractivity contribution in [2.24, 2.45) is 0 Å². The molecule has 0 amide bonds. The van der Waals surface area contributed by atoms with Gasteiger partial charge in [0.15, 0.2) is 0 Å². The number of aliphatic hydroxyl groups is 1. The van der Waals surface area contributed by atoms with Crippen molar-refractivity contribution >= 4 is 27.0 Å². The summed E-state index contributed by atoms with van der Waals surface area (Å²) in [6, 6.07) is 2.52. The van der Waals surface area contributed by atoms with Crippen LogP contribution in [0.2, 0.25) is 0 Å². The van der Waals surface area contributed by atoms with Gasteiger partial charge in [-0.1, -0.05) is 15.9 Å². The molecule has 0 atom stereocenters. The molecule has 0 bridgehead atoms. The highest BCUT2D eigenvalue weighted by Gasteiger charge is 2.42. The lowest BCUT2D eigenvalue weighted by Crippen LogP contribution is -2.42. The van der Waals surface area contributed by atoms with Crippen molar-refractivity contribution in [1.29, 1.82) is 0 Å². The van der Waals surface area contributed by atoms with E-state index < -0.39 is 17.3 Å². The molecule has 0 radical (unpaired) electrons. The zero-order valence-electron chi connectivity index (χ0n) is 11.5. The molecular weight excluding hydrogens is 349 g/mol. The fourth-order valence-electron chi connectivity index (χ4n) is 3.11. The third kappa shape index (κ3) is 2.46. The van der Waals surface area contributed by atoms with Crippen LogP contribution in [-0.2, 0) is 6.18 Å². The molecule has 7 heteroatoms. The number of rotatable bonds is 1. The predicted molar refractivity (Wildman–Crippen MR) is 76.1 cm³/mol. The highest BCUT2D eigenvalue weighted by molar-refractivity contribution is 9.10. The molecule has 21 heavy (non-hydrogen) atoms. The molecule has 0 spiro atoms. The van der Waals surface area contributed by atoms with Gasteiger partial charge in [-0.25, -0.2) is 4.98 Å². The van der Waals surface area contributed by atoms with Crippen LogP contribution >= 0.6 is 15.9 Å². The van der Waals surface area contributed by atoms with E-state index in [0.29, 0.717) is 28.7 Å². The van der Waals surface area contributed by atoms with E-state index in [1.807, 2.05) is 0 Å². The molecule has 1 aliphatic carbocycles. The van der Waals surface area contributed by atoms with Crippen molar-refractivity contribution in [3.63, 3.8) is 0 Å². The molecule has 0 unspecified atom stereocenters. The standard InChI is InChI=1S/C14H14BrF3N2O/c1-7-19-11-4-8(15)3-10(14(16,17)18)12(11)20(7)9-5-13(2,21)6-9/h3-4,9,21H,5-6H2,1-2H3. The molecule has 0 saturated heterocycles. The van der Waals surface area contributed by atoms with Gasteiger partial charge in [-0.15, -0.1) is 0 Å². The van der Waals surface area contributed by atoms with E-state index in [4.69, 9.17) is 0 Å². The summed E-state index contributed by atoms with van der Waals surface area (Å²) in [5.41, 5.74) is -1.08. The van der Waals surface area contributed by atoms with E-state index in [-0.39, 0.29) is 11.6 Å². The van der Waals surface area contributed by atoms with E-state index in [2.05, 4.69) is 20.9 Å². The molecule has 3 rings (SSSR count). The third-order valence-electron chi connectivity index (χ3n) is 3.95. The molecule has 114 valence electrons. The summed E-state index contributed by atoms with van der Waals surface area (Å²) < 4.78 is 41.9. The average molecular weight is 363 g/mol. The van der Waals surface area contributed by atoms with Gasteiger partial charge in [0.1, 0.15) is 5.82 Å². The summed E-state index contributed by atoms with van der Waals surface area (Å²) in [5.74, 6) is 0.536. The van der Waals surface area contributed by atoms with Crippen LogP contribution in [-0.4, -0.2) is 20.3 Å². The summed E-state index contributed by atoms with van der Waals surface area (Å²) in [4.78, 5) is 4.25. The lowest BCUT2D eigenvalue weighted by Gasteiger charge is -2.42. The second kappa shape index (κ2) is 4.46. The first-order chi connectivity index (χ1) is 9.58. The molecule has 1 aromatic heterocycles. The third-order valence-corrected chi connectivity index (χ3v) is 4.41. The minimum absolute atomic E-state index is 0.101. The topological polar surface area (TPSA) is 38.0 Å². The molecule has 1 fully saturated rings. The van der Waals surface area contributed by atoms with Crippen LogP contribution in [0.3, 0.4) is 0 Å². The van der Waals surface area contributed by atoms with Crippen LogP contribution in [0.4, 0.5) is 13.2 Å². The zero-order chi connectivity index (χ0) is 15.6. The maximum Gasteiger partial charge on any atom is 0.418 e. The number of aryl methyl sites for hydroxylation is 1. The normalized spacial score (nSPS) is 26.1. The fraction of sp³-hybridized carbons (Fsp3) is 0.500. The number of imidazole rings is 1. The number of alkyl halides is 3. The Kier molecular flexibility index (Phi) is 3.15. The Hall–Kier alpha value is -1.08. The summed E-state index contributed by atoms with van der Waals surface area (Å²) in [6.07, 6.45) is -3.57. The molecule has 2 aromatic rings. The number of fused-ring (bicyclic) bond motifs is 1.